The van der Waals surface area contributed by atoms with Gasteiger partial charge in [0.25, 0.3) is 0 Å². The molecule has 0 fully saturated rings. The lowest BCUT2D eigenvalue weighted by molar-refractivity contribution is -0.130. The summed E-state index contributed by atoms with van der Waals surface area (Å²) in [6.07, 6.45) is 2.60. The van der Waals surface area contributed by atoms with Crippen molar-refractivity contribution in [2.75, 3.05) is 13.2 Å². The summed E-state index contributed by atoms with van der Waals surface area (Å²) in [5.74, 6) is 0.594. The average molecular weight is 340 g/mol. The summed E-state index contributed by atoms with van der Waals surface area (Å²) in [5.41, 5.74) is 2.63. The van der Waals surface area contributed by atoms with Gasteiger partial charge in [0.15, 0.2) is 0 Å². The molecule has 0 saturated heterocycles. The first kappa shape index (κ1) is 18.6. The highest BCUT2D eigenvalue weighted by molar-refractivity contribution is 6.20. The van der Waals surface area contributed by atoms with Crippen molar-refractivity contribution in [1.82, 2.24) is 0 Å². The molecule has 0 spiro atoms. The second-order valence-corrected chi connectivity index (χ2v) is 5.69. The van der Waals surface area contributed by atoms with E-state index in [4.69, 9.17) is 9.47 Å². The van der Waals surface area contributed by atoms with Gasteiger partial charge in [-0.25, -0.2) is 4.79 Å². The smallest absolute Gasteiger partial charge is 0.336 e. The highest BCUT2D eigenvalue weighted by atomic mass is 16.5. The van der Waals surface area contributed by atoms with E-state index in [9.17, 15) is 9.90 Å². The number of rotatable bonds is 8. The van der Waals surface area contributed by atoms with Gasteiger partial charge in [0.1, 0.15) is 11.5 Å². The van der Waals surface area contributed by atoms with Crippen LogP contribution in [0.1, 0.15) is 37.0 Å². The first-order chi connectivity index (χ1) is 12.0. The maximum absolute atomic E-state index is 11.7. The summed E-state index contributed by atoms with van der Waals surface area (Å²) in [6, 6.07) is 12.8. The Morgan fingerprint density at radius 3 is 2.36 bits per heavy atom. The zero-order valence-corrected chi connectivity index (χ0v) is 14.9. The van der Waals surface area contributed by atoms with Crippen LogP contribution < -0.4 is 9.47 Å². The van der Waals surface area contributed by atoms with Gasteiger partial charge in [-0.3, -0.25) is 0 Å². The molecule has 25 heavy (non-hydrogen) atoms. The number of carbonyl (C=O) groups is 1. The summed E-state index contributed by atoms with van der Waals surface area (Å²) in [4.78, 5) is 11.7. The van der Waals surface area contributed by atoms with Gasteiger partial charge in [-0.2, -0.15) is 0 Å². The standard InChI is InChI=1S/C21H24O4/c1-4-12-25-20-11-8-17(13-15(20)3)19(21(22)23)14-16-6-9-18(10-7-16)24-5-2/h6-11,13-14H,4-5,12H2,1-3H3,(H,22,23)/b19-14-. The maximum atomic E-state index is 11.7. The van der Waals surface area contributed by atoms with Gasteiger partial charge in [-0.05, 0) is 67.3 Å². The van der Waals surface area contributed by atoms with Crippen LogP contribution in [0, 0.1) is 6.92 Å². The Balaban J connectivity index is 2.31. The van der Waals surface area contributed by atoms with E-state index in [0.717, 1.165) is 29.0 Å². The molecule has 0 atom stereocenters. The lowest BCUT2D eigenvalue weighted by atomic mass is 10.0. The Morgan fingerprint density at radius 2 is 1.80 bits per heavy atom. The van der Waals surface area contributed by atoms with Gasteiger partial charge in [0, 0.05) is 0 Å². The van der Waals surface area contributed by atoms with Gasteiger partial charge in [-0.1, -0.05) is 25.1 Å². The molecule has 4 heteroatoms. The molecular formula is C21H24O4. The van der Waals surface area contributed by atoms with Crippen molar-refractivity contribution in [3.63, 3.8) is 0 Å². The van der Waals surface area contributed by atoms with E-state index in [-0.39, 0.29) is 5.57 Å². The van der Waals surface area contributed by atoms with Crippen molar-refractivity contribution in [2.45, 2.75) is 27.2 Å². The predicted octanol–water partition coefficient (Wildman–Crippen LogP) is 4.81. The van der Waals surface area contributed by atoms with Gasteiger partial charge >= 0.3 is 5.97 Å². The number of aliphatic carboxylic acids is 1. The van der Waals surface area contributed by atoms with Crippen LogP contribution in [-0.2, 0) is 4.79 Å². The molecule has 0 aliphatic rings. The molecule has 0 radical (unpaired) electrons. The number of hydrogen-bond donors (Lipinski definition) is 1. The van der Waals surface area contributed by atoms with E-state index in [0.29, 0.717) is 18.8 Å². The normalized spacial score (nSPS) is 11.2. The third kappa shape index (κ3) is 5.11. The lowest BCUT2D eigenvalue weighted by Crippen LogP contribution is -2.02. The number of benzene rings is 2. The molecule has 0 aliphatic heterocycles. The van der Waals surface area contributed by atoms with Crippen LogP contribution in [0.25, 0.3) is 11.6 Å². The second-order valence-electron chi connectivity index (χ2n) is 5.69. The zero-order valence-electron chi connectivity index (χ0n) is 14.9. The highest BCUT2D eigenvalue weighted by Crippen LogP contribution is 2.26. The summed E-state index contributed by atoms with van der Waals surface area (Å²) in [6.45, 7) is 7.14. The lowest BCUT2D eigenvalue weighted by Gasteiger charge is -2.11. The Labute approximate surface area is 148 Å². The number of carboxylic acids is 1. The second kappa shape index (κ2) is 8.92. The molecule has 0 aromatic heterocycles. The quantitative estimate of drug-likeness (QED) is 0.553. The van der Waals surface area contributed by atoms with E-state index < -0.39 is 5.97 Å². The van der Waals surface area contributed by atoms with E-state index in [1.807, 2.05) is 57.2 Å². The fourth-order valence-electron chi connectivity index (χ4n) is 2.45. The largest absolute Gasteiger partial charge is 0.494 e. The minimum absolute atomic E-state index is 0.245. The topological polar surface area (TPSA) is 55.8 Å². The maximum Gasteiger partial charge on any atom is 0.336 e. The summed E-state index contributed by atoms with van der Waals surface area (Å²) >= 11 is 0. The van der Waals surface area contributed by atoms with Crippen LogP contribution in [0.5, 0.6) is 11.5 Å². The minimum Gasteiger partial charge on any atom is -0.494 e. The van der Waals surface area contributed by atoms with Crippen molar-refractivity contribution in [1.29, 1.82) is 0 Å². The fourth-order valence-corrected chi connectivity index (χ4v) is 2.45. The van der Waals surface area contributed by atoms with Crippen LogP contribution in [0.4, 0.5) is 0 Å². The summed E-state index contributed by atoms with van der Waals surface area (Å²) in [7, 11) is 0. The molecule has 2 rings (SSSR count). The van der Waals surface area contributed by atoms with Gasteiger partial charge in [0.05, 0.1) is 18.8 Å². The van der Waals surface area contributed by atoms with Gasteiger partial charge < -0.3 is 14.6 Å². The molecule has 0 amide bonds. The number of aryl methyl sites for hydroxylation is 1. The molecule has 0 unspecified atom stereocenters. The molecule has 0 saturated carbocycles. The van der Waals surface area contributed by atoms with E-state index >= 15 is 0 Å². The SMILES string of the molecule is CCCOc1ccc(/C(=C/c2ccc(OCC)cc2)C(=O)O)cc1C. The van der Waals surface area contributed by atoms with Crippen LogP contribution in [0.15, 0.2) is 42.5 Å². The Bertz CT molecular complexity index is 745. The van der Waals surface area contributed by atoms with E-state index in [2.05, 4.69) is 0 Å². The van der Waals surface area contributed by atoms with Crippen molar-refractivity contribution in [3.8, 4) is 11.5 Å². The molecule has 2 aromatic rings. The first-order valence-corrected chi connectivity index (χ1v) is 8.46. The summed E-state index contributed by atoms with van der Waals surface area (Å²) in [5, 5.41) is 9.60. The van der Waals surface area contributed by atoms with E-state index in [1.165, 1.54) is 0 Å². The van der Waals surface area contributed by atoms with Gasteiger partial charge in [0.2, 0.25) is 0 Å². The molecule has 0 heterocycles. The molecule has 1 N–H and O–H groups in total. The Hall–Kier alpha value is -2.75. The molecule has 0 bridgehead atoms. The van der Waals surface area contributed by atoms with E-state index in [1.54, 1.807) is 12.1 Å². The highest BCUT2D eigenvalue weighted by Gasteiger charge is 2.12. The Kier molecular flexibility index (Phi) is 6.63. The van der Waals surface area contributed by atoms with Gasteiger partial charge in [-0.15, -0.1) is 0 Å². The average Bonchev–Trinajstić information content (AvgIpc) is 2.60. The Morgan fingerprint density at radius 1 is 1.08 bits per heavy atom. The monoisotopic (exact) mass is 340 g/mol. The van der Waals surface area contributed by atoms with Crippen molar-refractivity contribution < 1.29 is 19.4 Å². The first-order valence-electron chi connectivity index (χ1n) is 8.46. The zero-order chi connectivity index (χ0) is 18.2. The number of ether oxygens (including phenoxy) is 2. The number of hydrogen-bond acceptors (Lipinski definition) is 3. The molecule has 2 aromatic carbocycles. The molecular weight excluding hydrogens is 316 g/mol. The molecule has 132 valence electrons. The predicted molar refractivity (Wildman–Crippen MR) is 100 cm³/mol. The minimum atomic E-state index is -0.962. The molecule has 4 nitrogen and oxygen atoms in total. The third-order valence-electron chi connectivity index (χ3n) is 3.68. The fraction of sp³-hybridized carbons (Fsp3) is 0.286. The van der Waals surface area contributed by atoms with Crippen LogP contribution >= 0.6 is 0 Å². The molecule has 0 aliphatic carbocycles. The van der Waals surface area contributed by atoms with Crippen molar-refractivity contribution >= 4 is 17.6 Å². The third-order valence-corrected chi connectivity index (χ3v) is 3.68. The summed E-state index contributed by atoms with van der Waals surface area (Å²) < 4.78 is 11.1. The number of carboxylic acid groups (broad SMARTS) is 1. The van der Waals surface area contributed by atoms with Crippen LogP contribution in [-0.4, -0.2) is 24.3 Å². The van der Waals surface area contributed by atoms with Crippen LogP contribution in [0.3, 0.4) is 0 Å². The van der Waals surface area contributed by atoms with Crippen molar-refractivity contribution in [2.24, 2.45) is 0 Å². The van der Waals surface area contributed by atoms with Crippen molar-refractivity contribution in [3.05, 3.63) is 59.2 Å². The van der Waals surface area contributed by atoms with Crippen LogP contribution in [0.2, 0.25) is 0 Å².